The quantitative estimate of drug-likeness (QED) is 0.741. The molecule has 0 saturated heterocycles. The maximum absolute atomic E-state index is 11.1. The number of para-hydroxylation sites is 1. The number of carbonyl (C=O) groups excluding carboxylic acids is 1. The van der Waals surface area contributed by atoms with E-state index in [0.717, 1.165) is 25.7 Å². The Morgan fingerprint density at radius 3 is 2.86 bits per heavy atom. The topological polar surface area (TPSA) is 48.3 Å². The van der Waals surface area contributed by atoms with Crippen molar-refractivity contribution >= 4 is 17.0 Å². The van der Waals surface area contributed by atoms with Crippen LogP contribution < -0.4 is 5.11 Å². The third-order valence-electron chi connectivity index (χ3n) is 5.11. The van der Waals surface area contributed by atoms with Gasteiger partial charge in [0.1, 0.15) is 6.09 Å². The van der Waals surface area contributed by atoms with Crippen molar-refractivity contribution in [2.75, 3.05) is 13.1 Å². The first-order valence-corrected chi connectivity index (χ1v) is 7.76. The summed E-state index contributed by atoms with van der Waals surface area (Å²) in [5, 5.41) is 12.5. The Kier molecular flexibility index (Phi) is 2.74. The summed E-state index contributed by atoms with van der Waals surface area (Å²) >= 11 is 0. The van der Waals surface area contributed by atoms with E-state index in [0.29, 0.717) is 19.1 Å². The molecule has 4 rings (SSSR count). The molecule has 1 atom stereocenters. The van der Waals surface area contributed by atoms with Crippen molar-refractivity contribution in [2.24, 2.45) is 0 Å². The third kappa shape index (κ3) is 1.78. The van der Waals surface area contributed by atoms with Gasteiger partial charge in [-0.1, -0.05) is 18.2 Å². The molecule has 0 fully saturated rings. The molecule has 0 aliphatic carbocycles. The minimum Gasteiger partial charge on any atom is -0.530 e. The van der Waals surface area contributed by atoms with E-state index in [9.17, 15) is 9.90 Å². The Bertz CT molecular complexity index is 732. The molecule has 0 saturated carbocycles. The standard InChI is InChI=1S/C17H20N2O2/c1-11-5-6-12-3-2-4-14-13-7-9-18(17(20)21)10-8-15(13)19(11)16(12)14/h2-4,11H,5-10H2,1H3,(H,20,21)/p-1. The van der Waals surface area contributed by atoms with Crippen LogP contribution in [0.3, 0.4) is 0 Å². The van der Waals surface area contributed by atoms with Gasteiger partial charge in [-0.2, -0.15) is 0 Å². The third-order valence-corrected chi connectivity index (χ3v) is 5.11. The lowest BCUT2D eigenvalue weighted by molar-refractivity contribution is -0.265. The van der Waals surface area contributed by atoms with E-state index in [1.165, 1.54) is 32.6 Å². The van der Waals surface area contributed by atoms with Gasteiger partial charge in [0.15, 0.2) is 0 Å². The number of rotatable bonds is 0. The van der Waals surface area contributed by atoms with Crippen molar-refractivity contribution in [2.45, 2.75) is 38.6 Å². The molecular weight excluding hydrogens is 264 g/mol. The van der Waals surface area contributed by atoms with Crippen LogP contribution in [0.1, 0.15) is 36.2 Å². The zero-order valence-corrected chi connectivity index (χ0v) is 12.3. The van der Waals surface area contributed by atoms with Gasteiger partial charge in [0.25, 0.3) is 0 Å². The van der Waals surface area contributed by atoms with E-state index >= 15 is 0 Å². The summed E-state index contributed by atoms with van der Waals surface area (Å²) in [6.45, 7) is 3.37. The maximum atomic E-state index is 11.1. The molecule has 0 N–H and O–H groups in total. The molecule has 4 nitrogen and oxygen atoms in total. The van der Waals surface area contributed by atoms with E-state index < -0.39 is 6.09 Å². The molecule has 3 heterocycles. The predicted molar refractivity (Wildman–Crippen MR) is 79.3 cm³/mol. The van der Waals surface area contributed by atoms with Crippen molar-refractivity contribution in [3.8, 4) is 0 Å². The first kappa shape index (κ1) is 12.7. The molecule has 2 aliphatic heterocycles. The zero-order valence-electron chi connectivity index (χ0n) is 12.3. The van der Waals surface area contributed by atoms with Crippen LogP contribution in [0.4, 0.5) is 4.79 Å². The van der Waals surface area contributed by atoms with Crippen LogP contribution in [-0.2, 0) is 19.3 Å². The molecule has 0 radical (unpaired) electrons. The van der Waals surface area contributed by atoms with Gasteiger partial charge in [-0.25, -0.2) is 0 Å². The molecule has 1 aromatic heterocycles. The van der Waals surface area contributed by atoms with Crippen molar-refractivity contribution in [3.05, 3.63) is 35.0 Å². The van der Waals surface area contributed by atoms with Gasteiger partial charge < -0.3 is 19.4 Å². The van der Waals surface area contributed by atoms with Gasteiger partial charge in [-0.05, 0) is 37.3 Å². The number of benzene rings is 1. The number of aryl methyl sites for hydroxylation is 1. The van der Waals surface area contributed by atoms with Crippen LogP contribution in [-0.4, -0.2) is 28.6 Å². The van der Waals surface area contributed by atoms with Crippen LogP contribution in [0.15, 0.2) is 18.2 Å². The summed E-state index contributed by atoms with van der Waals surface area (Å²) in [7, 11) is 0. The Labute approximate surface area is 124 Å². The zero-order chi connectivity index (χ0) is 14.6. The predicted octanol–water partition coefficient (Wildman–Crippen LogP) is 1.89. The van der Waals surface area contributed by atoms with E-state index in [4.69, 9.17) is 0 Å². The highest BCUT2D eigenvalue weighted by molar-refractivity contribution is 5.89. The average molecular weight is 283 g/mol. The minimum atomic E-state index is -1.04. The molecule has 1 aromatic carbocycles. The summed E-state index contributed by atoms with van der Waals surface area (Å²) < 4.78 is 2.47. The number of aromatic nitrogens is 1. The second-order valence-corrected chi connectivity index (χ2v) is 6.25. The fourth-order valence-corrected chi connectivity index (χ4v) is 4.07. The summed E-state index contributed by atoms with van der Waals surface area (Å²) in [5.41, 5.74) is 5.52. The Morgan fingerprint density at radius 2 is 2.05 bits per heavy atom. The van der Waals surface area contributed by atoms with E-state index in [-0.39, 0.29) is 0 Å². The molecule has 110 valence electrons. The lowest BCUT2D eigenvalue weighted by Crippen LogP contribution is -2.42. The van der Waals surface area contributed by atoms with Gasteiger partial charge >= 0.3 is 0 Å². The van der Waals surface area contributed by atoms with Crippen LogP contribution in [0, 0.1) is 0 Å². The monoisotopic (exact) mass is 283 g/mol. The summed E-state index contributed by atoms with van der Waals surface area (Å²) in [5.74, 6) is 0. The summed E-state index contributed by atoms with van der Waals surface area (Å²) in [6, 6.07) is 7.07. The average Bonchev–Trinajstić information content (AvgIpc) is 2.65. The van der Waals surface area contributed by atoms with Gasteiger partial charge in [0.2, 0.25) is 0 Å². The highest BCUT2D eigenvalue weighted by Gasteiger charge is 2.27. The number of amides is 1. The van der Waals surface area contributed by atoms with Crippen molar-refractivity contribution in [1.29, 1.82) is 0 Å². The molecular formula is C17H19N2O2-. The highest BCUT2D eigenvalue weighted by Crippen LogP contribution is 2.38. The Hall–Kier alpha value is -1.97. The van der Waals surface area contributed by atoms with E-state index in [1.54, 1.807) is 0 Å². The molecule has 2 aliphatic rings. The number of carbonyl (C=O) groups is 1. The Morgan fingerprint density at radius 1 is 1.24 bits per heavy atom. The number of hydrogen-bond acceptors (Lipinski definition) is 2. The van der Waals surface area contributed by atoms with Crippen LogP contribution in [0.25, 0.3) is 10.9 Å². The molecule has 0 bridgehead atoms. The molecule has 4 heteroatoms. The molecule has 1 amide bonds. The lowest BCUT2D eigenvalue weighted by atomic mass is 9.99. The van der Waals surface area contributed by atoms with Gasteiger partial charge in [-0.3, -0.25) is 0 Å². The molecule has 2 aromatic rings. The maximum Gasteiger partial charge on any atom is 0.136 e. The summed E-state index contributed by atoms with van der Waals surface area (Å²) in [6.07, 6.45) is 2.85. The van der Waals surface area contributed by atoms with Gasteiger partial charge in [0.05, 0.1) is 5.52 Å². The van der Waals surface area contributed by atoms with E-state index in [1.807, 2.05) is 0 Å². The van der Waals surface area contributed by atoms with Gasteiger partial charge in [-0.15, -0.1) is 0 Å². The molecule has 21 heavy (non-hydrogen) atoms. The highest BCUT2D eigenvalue weighted by atomic mass is 16.4. The van der Waals surface area contributed by atoms with E-state index in [2.05, 4.69) is 29.7 Å². The number of carboxylic acid groups (broad SMARTS) is 1. The lowest BCUT2D eigenvalue weighted by Gasteiger charge is -2.26. The fourth-order valence-electron chi connectivity index (χ4n) is 4.07. The first-order valence-electron chi connectivity index (χ1n) is 7.76. The second-order valence-electron chi connectivity index (χ2n) is 6.25. The van der Waals surface area contributed by atoms with Crippen LogP contribution in [0.5, 0.6) is 0 Å². The van der Waals surface area contributed by atoms with Crippen molar-refractivity contribution < 1.29 is 9.90 Å². The SMILES string of the molecule is CC1CCc2cccc3c4c(n1c23)CCN(C(=O)[O-])CC4. The van der Waals surface area contributed by atoms with Crippen molar-refractivity contribution in [1.82, 2.24) is 9.47 Å². The smallest absolute Gasteiger partial charge is 0.136 e. The van der Waals surface area contributed by atoms with Crippen LogP contribution in [0.2, 0.25) is 0 Å². The number of fused-ring (bicyclic) bond motifs is 3. The first-order chi connectivity index (χ1) is 10.2. The van der Waals surface area contributed by atoms with Gasteiger partial charge in [0, 0.05) is 36.6 Å². The van der Waals surface area contributed by atoms with Crippen molar-refractivity contribution in [3.63, 3.8) is 0 Å². The molecule has 0 spiro atoms. The number of nitrogens with zero attached hydrogens (tertiary/aromatic N) is 2. The normalized spacial score (nSPS) is 21.2. The molecule has 1 unspecified atom stereocenters. The number of hydrogen-bond donors (Lipinski definition) is 0. The minimum absolute atomic E-state index is 0.501. The fraction of sp³-hybridized carbons (Fsp3) is 0.471. The Balaban J connectivity index is 1.91. The second kappa shape index (κ2) is 4.52. The largest absolute Gasteiger partial charge is 0.530 e. The summed E-state index contributed by atoms with van der Waals surface area (Å²) in [4.78, 5) is 12.6. The van der Waals surface area contributed by atoms with Crippen LogP contribution >= 0.6 is 0 Å².